The molecular weight excluding hydrogens is 422 g/mol. The lowest BCUT2D eigenvalue weighted by Crippen LogP contribution is -2.35. The van der Waals surface area contributed by atoms with E-state index < -0.39 is 42.4 Å². The molecule has 168 valence electrons. The van der Waals surface area contributed by atoms with E-state index in [9.17, 15) is 24.3 Å². The minimum Gasteiger partial charge on any atom is -0.507 e. The molecule has 0 aliphatic carbocycles. The molecule has 0 saturated heterocycles. The van der Waals surface area contributed by atoms with Crippen molar-refractivity contribution in [1.29, 1.82) is 0 Å². The van der Waals surface area contributed by atoms with Crippen LogP contribution in [0.1, 0.15) is 27.0 Å². The Labute approximate surface area is 182 Å². The number of esters is 3. The summed E-state index contributed by atoms with van der Waals surface area (Å²) < 4.78 is 22.3. The third kappa shape index (κ3) is 4.80. The summed E-state index contributed by atoms with van der Waals surface area (Å²) in [6.07, 6.45) is -1.35. The molecule has 1 aliphatic rings. The lowest BCUT2D eigenvalue weighted by molar-refractivity contribution is -0.156. The predicted molar refractivity (Wildman–Crippen MR) is 109 cm³/mol. The molecular formula is C22H21NO9. The minimum absolute atomic E-state index is 0.000692. The third-order valence-electron chi connectivity index (χ3n) is 4.44. The Hall–Kier alpha value is -4.08. The van der Waals surface area contributed by atoms with E-state index in [2.05, 4.69) is 0 Å². The largest absolute Gasteiger partial charge is 0.507 e. The van der Waals surface area contributed by atoms with Gasteiger partial charge in [-0.3, -0.25) is 23.7 Å². The molecule has 10 heteroatoms. The fourth-order valence-electron chi connectivity index (χ4n) is 3.21. The number of aromatic hydroxyl groups is 1. The summed E-state index contributed by atoms with van der Waals surface area (Å²) in [5.74, 6) is -2.62. The Balaban J connectivity index is 2.10. The van der Waals surface area contributed by atoms with Crippen LogP contribution in [0.2, 0.25) is 0 Å². The van der Waals surface area contributed by atoms with Gasteiger partial charge in [0.05, 0.1) is 5.56 Å². The van der Waals surface area contributed by atoms with Crippen LogP contribution in [-0.4, -0.2) is 40.3 Å². The molecule has 1 aliphatic heterocycles. The van der Waals surface area contributed by atoms with Gasteiger partial charge >= 0.3 is 17.9 Å². The highest BCUT2D eigenvalue weighted by molar-refractivity contribution is 5.70. The van der Waals surface area contributed by atoms with Gasteiger partial charge < -0.3 is 24.1 Å². The number of aromatic nitrogens is 1. The number of carbonyl (C=O) groups excluding carboxylic acids is 3. The first-order chi connectivity index (χ1) is 15.2. The highest BCUT2D eigenvalue weighted by atomic mass is 16.6. The molecule has 2 aromatic rings. The average molecular weight is 443 g/mol. The maximum Gasteiger partial charge on any atom is 0.307 e. The van der Waals surface area contributed by atoms with E-state index in [0.29, 0.717) is 5.56 Å². The minimum atomic E-state index is -1.33. The first kappa shape index (κ1) is 22.6. The summed E-state index contributed by atoms with van der Waals surface area (Å²) in [6.45, 7) is 3.04. The number of carbonyl (C=O) groups is 3. The highest BCUT2D eigenvalue weighted by Gasteiger charge is 2.44. The van der Waals surface area contributed by atoms with Crippen LogP contribution in [0, 0.1) is 0 Å². The van der Waals surface area contributed by atoms with Crippen molar-refractivity contribution in [1.82, 2.24) is 4.57 Å². The number of benzene rings is 1. The molecule has 1 unspecified atom stereocenters. The van der Waals surface area contributed by atoms with Crippen LogP contribution in [0.4, 0.5) is 0 Å². The number of hydrogen-bond donors (Lipinski definition) is 1. The molecule has 0 amide bonds. The molecule has 0 fully saturated rings. The van der Waals surface area contributed by atoms with Crippen molar-refractivity contribution < 1.29 is 38.4 Å². The monoisotopic (exact) mass is 443 g/mol. The summed E-state index contributed by atoms with van der Waals surface area (Å²) in [5, 5.41) is 10.3. The van der Waals surface area contributed by atoms with Crippen LogP contribution in [0.5, 0.6) is 5.75 Å². The zero-order valence-corrected chi connectivity index (χ0v) is 17.6. The van der Waals surface area contributed by atoms with Gasteiger partial charge in [-0.1, -0.05) is 30.3 Å². The lowest BCUT2D eigenvalue weighted by atomic mass is 10.1. The Morgan fingerprint density at radius 1 is 1.03 bits per heavy atom. The number of pyridine rings is 1. The molecule has 0 radical (unpaired) electrons. The van der Waals surface area contributed by atoms with Gasteiger partial charge in [-0.2, -0.15) is 0 Å². The van der Waals surface area contributed by atoms with Crippen molar-refractivity contribution >= 4 is 17.9 Å². The molecule has 0 spiro atoms. The van der Waals surface area contributed by atoms with E-state index >= 15 is 0 Å². The van der Waals surface area contributed by atoms with E-state index in [0.717, 1.165) is 18.4 Å². The molecule has 1 N–H and O–H groups in total. The Kier molecular flexibility index (Phi) is 6.62. The van der Waals surface area contributed by atoms with Gasteiger partial charge in [0, 0.05) is 27.0 Å². The predicted octanol–water partition coefficient (Wildman–Crippen LogP) is 2.02. The second-order valence-electron chi connectivity index (χ2n) is 6.85. The highest BCUT2D eigenvalue weighted by Crippen LogP contribution is 2.36. The molecule has 1 aromatic heterocycles. The summed E-state index contributed by atoms with van der Waals surface area (Å²) in [6, 6.07) is 9.75. The van der Waals surface area contributed by atoms with Crippen LogP contribution in [0.15, 0.2) is 58.9 Å². The lowest BCUT2D eigenvalue weighted by Gasteiger charge is -2.23. The second kappa shape index (κ2) is 9.38. The van der Waals surface area contributed by atoms with E-state index in [4.69, 9.17) is 18.9 Å². The van der Waals surface area contributed by atoms with Crippen LogP contribution >= 0.6 is 0 Å². The van der Waals surface area contributed by atoms with Gasteiger partial charge in [0.15, 0.2) is 18.1 Å². The average Bonchev–Trinajstić information content (AvgIpc) is 3.03. The number of ether oxygens (including phenoxy) is 4. The first-order valence-corrected chi connectivity index (χ1v) is 9.57. The molecule has 0 bridgehead atoms. The van der Waals surface area contributed by atoms with Crippen molar-refractivity contribution in [2.45, 2.75) is 33.1 Å². The number of nitrogens with zero attached hydrogens (tertiary/aromatic N) is 1. The fraction of sp³-hybridized carbons (Fsp3) is 0.273. The number of rotatable bonds is 6. The maximum absolute atomic E-state index is 13.3. The van der Waals surface area contributed by atoms with Crippen LogP contribution in [-0.2, 0) is 33.3 Å². The van der Waals surface area contributed by atoms with E-state index in [-0.39, 0.29) is 22.8 Å². The Bertz CT molecular complexity index is 1130. The third-order valence-corrected chi connectivity index (χ3v) is 4.44. The van der Waals surface area contributed by atoms with Crippen molar-refractivity contribution in [3.8, 4) is 16.9 Å². The normalized spacial score (nSPS) is 17.5. The quantitative estimate of drug-likeness (QED) is 0.526. The van der Waals surface area contributed by atoms with Crippen molar-refractivity contribution in [3.63, 3.8) is 0 Å². The summed E-state index contributed by atoms with van der Waals surface area (Å²) in [4.78, 5) is 47.9. The van der Waals surface area contributed by atoms with Gasteiger partial charge in [-0.15, -0.1) is 0 Å². The number of hydrogen-bond acceptors (Lipinski definition) is 9. The Morgan fingerprint density at radius 2 is 1.72 bits per heavy atom. The molecule has 1 aromatic carbocycles. The van der Waals surface area contributed by atoms with Gasteiger partial charge in [0.1, 0.15) is 5.75 Å². The molecule has 3 rings (SSSR count). The SMILES string of the molecule is CC(=O)OCC1=C(OC(C)=O)C(OC(C)=O)[C@H](n2ccc(O)c(-c3ccccc3)c2=O)O1. The fourth-order valence-corrected chi connectivity index (χ4v) is 3.21. The van der Waals surface area contributed by atoms with Crippen LogP contribution in [0.25, 0.3) is 11.1 Å². The summed E-state index contributed by atoms with van der Waals surface area (Å²) >= 11 is 0. The zero-order chi connectivity index (χ0) is 23.4. The molecule has 32 heavy (non-hydrogen) atoms. The topological polar surface area (TPSA) is 130 Å². The first-order valence-electron chi connectivity index (χ1n) is 9.57. The standard InChI is InChI=1S/C22H21NO9/c1-12(24)29-11-17-19(30-13(2)25)20(31-14(3)26)22(32-17)23-10-9-16(27)18(21(23)28)15-7-5-4-6-8-15/h4-10,20,22,27H,11H2,1-3H3/t20?,22-/m1/s1. The van der Waals surface area contributed by atoms with Gasteiger partial charge in [0.25, 0.3) is 5.56 Å². The second-order valence-corrected chi connectivity index (χ2v) is 6.85. The van der Waals surface area contributed by atoms with Gasteiger partial charge in [-0.05, 0) is 11.6 Å². The smallest absolute Gasteiger partial charge is 0.307 e. The summed E-state index contributed by atoms with van der Waals surface area (Å²) in [5.41, 5.74) is -0.185. The van der Waals surface area contributed by atoms with E-state index in [1.54, 1.807) is 30.3 Å². The Morgan fingerprint density at radius 3 is 2.31 bits per heavy atom. The molecule has 10 nitrogen and oxygen atoms in total. The van der Waals surface area contributed by atoms with Gasteiger partial charge in [-0.25, -0.2) is 0 Å². The zero-order valence-electron chi connectivity index (χ0n) is 17.6. The molecule has 2 heterocycles. The van der Waals surface area contributed by atoms with Gasteiger partial charge in [0.2, 0.25) is 12.3 Å². The van der Waals surface area contributed by atoms with E-state index in [1.807, 2.05) is 0 Å². The van der Waals surface area contributed by atoms with Crippen LogP contribution in [0.3, 0.4) is 0 Å². The molecule has 0 saturated carbocycles. The van der Waals surface area contributed by atoms with Crippen LogP contribution < -0.4 is 5.56 Å². The molecule has 2 atom stereocenters. The maximum atomic E-state index is 13.3. The van der Waals surface area contributed by atoms with Crippen molar-refractivity contribution in [2.75, 3.05) is 6.61 Å². The van der Waals surface area contributed by atoms with E-state index in [1.165, 1.54) is 19.2 Å². The van der Waals surface area contributed by atoms with Crippen molar-refractivity contribution in [3.05, 3.63) is 64.5 Å². The summed E-state index contributed by atoms with van der Waals surface area (Å²) in [7, 11) is 0. The van der Waals surface area contributed by atoms with Crippen molar-refractivity contribution in [2.24, 2.45) is 0 Å².